The van der Waals surface area contributed by atoms with Crippen LogP contribution in [0, 0.1) is 0 Å². The van der Waals surface area contributed by atoms with Gasteiger partial charge >= 0.3 is 0 Å². The van der Waals surface area contributed by atoms with E-state index in [0.717, 1.165) is 32.5 Å². The number of halogens is 2. The van der Waals surface area contributed by atoms with Crippen LogP contribution in [0.2, 0.25) is 5.02 Å². The summed E-state index contributed by atoms with van der Waals surface area (Å²) in [5.41, 5.74) is 0.611. The molecule has 1 N–H and O–H groups in total. The van der Waals surface area contributed by atoms with E-state index in [-0.39, 0.29) is 30.3 Å². The van der Waals surface area contributed by atoms with Crippen LogP contribution in [0.3, 0.4) is 0 Å². The van der Waals surface area contributed by atoms with Crippen molar-refractivity contribution in [1.29, 1.82) is 0 Å². The van der Waals surface area contributed by atoms with Crippen molar-refractivity contribution >= 4 is 35.8 Å². The van der Waals surface area contributed by atoms with Crippen LogP contribution in [0.1, 0.15) is 23.2 Å². The lowest BCUT2D eigenvalue weighted by atomic mass is 10.0. The van der Waals surface area contributed by atoms with E-state index in [9.17, 15) is 9.59 Å². The number of nitrogens with one attached hydrogen (secondary N) is 1. The summed E-state index contributed by atoms with van der Waals surface area (Å²) in [6.45, 7) is 3.30. The first-order valence-corrected chi connectivity index (χ1v) is 8.08. The van der Waals surface area contributed by atoms with Crippen molar-refractivity contribution < 1.29 is 9.59 Å². The van der Waals surface area contributed by atoms with Crippen LogP contribution in [0.15, 0.2) is 24.3 Å². The molecule has 126 valence electrons. The molecular weight excluding hydrogens is 337 g/mol. The largest absolute Gasteiger partial charge is 0.337 e. The van der Waals surface area contributed by atoms with Gasteiger partial charge in [0.25, 0.3) is 5.91 Å². The average molecular weight is 358 g/mol. The fraction of sp³-hybridized carbons (Fsp3) is 0.500. The molecule has 2 aliphatic heterocycles. The summed E-state index contributed by atoms with van der Waals surface area (Å²) in [7, 11) is 0. The molecule has 0 aromatic heterocycles. The highest BCUT2D eigenvalue weighted by molar-refractivity contribution is 6.30. The van der Waals surface area contributed by atoms with Crippen LogP contribution in [0.5, 0.6) is 0 Å². The molecule has 0 spiro atoms. The summed E-state index contributed by atoms with van der Waals surface area (Å²) >= 11 is 5.97. The fourth-order valence-electron chi connectivity index (χ4n) is 3.20. The Kier molecular flexibility index (Phi) is 6.27. The van der Waals surface area contributed by atoms with E-state index in [0.29, 0.717) is 23.7 Å². The molecule has 1 aromatic carbocycles. The summed E-state index contributed by atoms with van der Waals surface area (Å²) in [5, 5.41) is 3.65. The normalized spacial score (nSPS) is 21.8. The van der Waals surface area contributed by atoms with E-state index in [1.165, 1.54) is 0 Å². The number of hydrogen-bond acceptors (Lipinski definition) is 3. The molecule has 1 atom stereocenters. The minimum Gasteiger partial charge on any atom is -0.337 e. The topological polar surface area (TPSA) is 52.7 Å². The molecule has 0 saturated carbocycles. The lowest BCUT2D eigenvalue weighted by molar-refractivity contribution is -0.135. The van der Waals surface area contributed by atoms with Crippen LogP contribution >= 0.6 is 24.0 Å². The zero-order valence-corrected chi connectivity index (χ0v) is 14.4. The van der Waals surface area contributed by atoms with Gasteiger partial charge in [0.05, 0.1) is 6.54 Å². The molecule has 2 fully saturated rings. The first-order valence-electron chi connectivity index (χ1n) is 7.70. The van der Waals surface area contributed by atoms with Crippen molar-refractivity contribution in [1.82, 2.24) is 15.1 Å². The quantitative estimate of drug-likeness (QED) is 0.877. The van der Waals surface area contributed by atoms with Crippen molar-refractivity contribution in [3.8, 4) is 0 Å². The first-order chi connectivity index (χ1) is 10.6. The molecule has 0 radical (unpaired) electrons. The van der Waals surface area contributed by atoms with Crippen molar-refractivity contribution in [3.63, 3.8) is 0 Å². The maximum atomic E-state index is 12.6. The van der Waals surface area contributed by atoms with Gasteiger partial charge in [-0.1, -0.05) is 17.7 Å². The Hall–Kier alpha value is -1.30. The number of amides is 2. The second-order valence-corrected chi connectivity index (χ2v) is 6.26. The van der Waals surface area contributed by atoms with Gasteiger partial charge in [-0.15, -0.1) is 12.4 Å². The van der Waals surface area contributed by atoms with Gasteiger partial charge in [0, 0.05) is 42.8 Å². The highest BCUT2D eigenvalue weighted by Gasteiger charge is 2.31. The first kappa shape index (κ1) is 18.0. The lowest BCUT2D eigenvalue weighted by Crippen LogP contribution is -2.57. The third-order valence-electron chi connectivity index (χ3n) is 4.32. The Balaban J connectivity index is 0.00000192. The van der Waals surface area contributed by atoms with Gasteiger partial charge in [-0.2, -0.15) is 0 Å². The number of rotatable bonds is 2. The van der Waals surface area contributed by atoms with E-state index in [2.05, 4.69) is 5.32 Å². The summed E-state index contributed by atoms with van der Waals surface area (Å²) in [5.74, 6) is 0.128. The van der Waals surface area contributed by atoms with Gasteiger partial charge in [-0.05, 0) is 31.0 Å². The summed E-state index contributed by atoms with van der Waals surface area (Å²) in [4.78, 5) is 28.4. The smallest absolute Gasteiger partial charge is 0.253 e. The van der Waals surface area contributed by atoms with E-state index in [1.807, 2.05) is 9.80 Å². The number of carbonyl (C=O) groups is 2. The average Bonchev–Trinajstić information content (AvgIpc) is 2.55. The zero-order chi connectivity index (χ0) is 15.5. The van der Waals surface area contributed by atoms with E-state index in [1.54, 1.807) is 24.3 Å². The van der Waals surface area contributed by atoms with E-state index < -0.39 is 0 Å². The Morgan fingerprint density at radius 1 is 1.30 bits per heavy atom. The minimum atomic E-state index is -0.00483. The van der Waals surface area contributed by atoms with Crippen molar-refractivity contribution in [2.75, 3.05) is 32.7 Å². The zero-order valence-electron chi connectivity index (χ0n) is 12.8. The molecular formula is C16H21Cl2N3O2. The second kappa shape index (κ2) is 7.99. The van der Waals surface area contributed by atoms with Crippen LogP contribution < -0.4 is 5.32 Å². The third kappa shape index (κ3) is 4.16. The van der Waals surface area contributed by atoms with E-state index >= 15 is 0 Å². The molecule has 2 heterocycles. The Morgan fingerprint density at radius 2 is 2.13 bits per heavy atom. The summed E-state index contributed by atoms with van der Waals surface area (Å²) in [6, 6.07) is 7.16. The van der Waals surface area contributed by atoms with Gasteiger partial charge in [0.15, 0.2) is 0 Å². The van der Waals surface area contributed by atoms with Gasteiger partial charge in [-0.3, -0.25) is 9.59 Å². The van der Waals surface area contributed by atoms with Gasteiger partial charge < -0.3 is 15.1 Å². The molecule has 1 aromatic rings. The molecule has 5 nitrogen and oxygen atoms in total. The van der Waals surface area contributed by atoms with Crippen LogP contribution in [0.4, 0.5) is 0 Å². The second-order valence-electron chi connectivity index (χ2n) is 5.82. The Morgan fingerprint density at radius 3 is 2.87 bits per heavy atom. The summed E-state index contributed by atoms with van der Waals surface area (Å²) in [6.07, 6.45) is 1.89. The minimum absolute atomic E-state index is 0. The maximum absolute atomic E-state index is 12.6. The van der Waals surface area contributed by atoms with Crippen LogP contribution in [0.25, 0.3) is 0 Å². The molecule has 3 rings (SSSR count). The third-order valence-corrected chi connectivity index (χ3v) is 4.56. The molecule has 0 aliphatic carbocycles. The number of likely N-dealkylation sites (tertiary alicyclic amines) is 1. The van der Waals surface area contributed by atoms with Gasteiger partial charge in [-0.25, -0.2) is 0 Å². The molecule has 23 heavy (non-hydrogen) atoms. The Labute approximate surface area is 147 Å². The highest BCUT2D eigenvalue weighted by atomic mass is 35.5. The monoisotopic (exact) mass is 357 g/mol. The predicted molar refractivity (Wildman–Crippen MR) is 92.2 cm³/mol. The number of hydrogen-bond donors (Lipinski definition) is 1. The maximum Gasteiger partial charge on any atom is 0.253 e. The molecule has 2 saturated heterocycles. The molecule has 0 bridgehead atoms. The molecule has 2 amide bonds. The summed E-state index contributed by atoms with van der Waals surface area (Å²) < 4.78 is 0. The number of piperazine rings is 1. The molecule has 7 heteroatoms. The van der Waals surface area contributed by atoms with Crippen molar-refractivity contribution in [2.45, 2.75) is 18.9 Å². The van der Waals surface area contributed by atoms with Gasteiger partial charge in [0.1, 0.15) is 0 Å². The SMILES string of the molecule is Cl.O=C(c1cccc(Cl)c1)N1CCCC(N2CCNCC2=O)C1. The van der Waals surface area contributed by atoms with Crippen LogP contribution in [-0.4, -0.2) is 60.4 Å². The van der Waals surface area contributed by atoms with Crippen molar-refractivity contribution in [2.24, 2.45) is 0 Å². The number of piperidine rings is 1. The molecule has 2 aliphatic rings. The van der Waals surface area contributed by atoms with Gasteiger partial charge in [0.2, 0.25) is 5.91 Å². The molecule has 1 unspecified atom stereocenters. The van der Waals surface area contributed by atoms with Crippen molar-refractivity contribution in [3.05, 3.63) is 34.9 Å². The Bertz CT molecular complexity index is 582. The highest BCUT2D eigenvalue weighted by Crippen LogP contribution is 2.20. The fourth-order valence-corrected chi connectivity index (χ4v) is 3.40. The van der Waals surface area contributed by atoms with Crippen LogP contribution in [-0.2, 0) is 4.79 Å². The predicted octanol–water partition coefficient (Wildman–Crippen LogP) is 1.80. The lowest BCUT2D eigenvalue weighted by Gasteiger charge is -2.41. The standard InChI is InChI=1S/C16H20ClN3O2.ClH/c17-13-4-1-3-12(9-13)16(22)19-7-2-5-14(11-19)20-8-6-18-10-15(20)21;/h1,3-4,9,14,18H,2,5-8,10-11H2;1H. The number of carbonyl (C=O) groups excluding carboxylic acids is 2. The number of benzene rings is 1. The number of nitrogens with zero attached hydrogens (tertiary/aromatic N) is 2. The van der Waals surface area contributed by atoms with E-state index in [4.69, 9.17) is 11.6 Å².